The standard InChI is InChI=1S/C26H45NO7S.Na/c1-15(4-7-23(31)27-10-11-35(32,33)34)18-5-6-19-24-20(14-22(30)26(18,19)3)25(2)9-8-17(28)12-16(25)13-21(24)29;/h15-22,24,28-30H,4-14H2,1-3H3,(H,27,31)(H,32,33,34);/q;+1/p-1/t15-,16?,17-,18-,19+,20+,21-,22+,24+,25+,26-;/m1./s1. The second kappa shape index (κ2) is 11.4. The molecule has 4 rings (SSSR count). The van der Waals surface area contributed by atoms with Crippen molar-refractivity contribution in [1.29, 1.82) is 0 Å². The zero-order chi connectivity index (χ0) is 25.8. The second-order valence-corrected chi connectivity index (χ2v) is 14.2. The van der Waals surface area contributed by atoms with Gasteiger partial charge in [0.05, 0.1) is 34.2 Å². The van der Waals surface area contributed by atoms with Crippen molar-refractivity contribution in [2.75, 3.05) is 12.3 Å². The third-order valence-corrected chi connectivity index (χ3v) is 11.7. The molecule has 1 amide bonds. The number of fused-ring (bicyclic) bond motifs is 5. The molecule has 202 valence electrons. The van der Waals surface area contributed by atoms with Crippen LogP contribution in [-0.4, -0.2) is 64.8 Å². The molecule has 0 aromatic rings. The van der Waals surface area contributed by atoms with Crippen LogP contribution >= 0.6 is 0 Å². The molecule has 4 saturated carbocycles. The molecule has 8 nitrogen and oxygen atoms in total. The van der Waals surface area contributed by atoms with Gasteiger partial charge < -0.3 is 25.2 Å². The molecule has 0 aromatic carbocycles. The fraction of sp³-hybridized carbons (Fsp3) is 0.962. The van der Waals surface area contributed by atoms with E-state index < -0.39 is 28.1 Å². The Morgan fingerprint density at radius 1 is 1.08 bits per heavy atom. The third kappa shape index (κ3) is 5.74. The van der Waals surface area contributed by atoms with E-state index in [2.05, 4.69) is 26.1 Å². The molecular formula is C26H44NNaO7S. The van der Waals surface area contributed by atoms with Crippen LogP contribution in [0.3, 0.4) is 0 Å². The van der Waals surface area contributed by atoms with Crippen molar-refractivity contribution in [2.24, 2.45) is 46.3 Å². The summed E-state index contributed by atoms with van der Waals surface area (Å²) in [5.74, 6) is 0.522. The summed E-state index contributed by atoms with van der Waals surface area (Å²) in [5, 5.41) is 35.7. The van der Waals surface area contributed by atoms with E-state index in [1.54, 1.807) is 0 Å². The van der Waals surface area contributed by atoms with Gasteiger partial charge in [0.1, 0.15) is 0 Å². The van der Waals surface area contributed by atoms with Crippen LogP contribution in [0.4, 0.5) is 0 Å². The van der Waals surface area contributed by atoms with Gasteiger partial charge in [-0.25, -0.2) is 8.42 Å². The Morgan fingerprint density at radius 2 is 1.78 bits per heavy atom. The molecule has 0 bridgehead atoms. The summed E-state index contributed by atoms with van der Waals surface area (Å²) in [5.41, 5.74) is -0.267. The minimum absolute atomic E-state index is 0. The Kier molecular flexibility index (Phi) is 9.75. The van der Waals surface area contributed by atoms with Crippen LogP contribution in [0.25, 0.3) is 0 Å². The normalized spacial score (nSPS) is 45.0. The van der Waals surface area contributed by atoms with Crippen molar-refractivity contribution in [1.82, 2.24) is 5.32 Å². The number of rotatable bonds is 7. The summed E-state index contributed by atoms with van der Waals surface area (Å²) in [6.45, 7) is 6.48. The zero-order valence-corrected chi connectivity index (χ0v) is 25.2. The number of nitrogens with one attached hydrogen (secondary N) is 1. The fourth-order valence-corrected chi connectivity index (χ4v) is 9.45. The molecular weight excluding hydrogens is 493 g/mol. The first-order chi connectivity index (χ1) is 16.3. The number of amides is 1. The van der Waals surface area contributed by atoms with Crippen LogP contribution in [0.2, 0.25) is 0 Å². The molecule has 0 spiro atoms. The number of aliphatic hydroxyl groups is 3. The molecule has 11 atom stereocenters. The van der Waals surface area contributed by atoms with E-state index in [0.29, 0.717) is 18.8 Å². The van der Waals surface area contributed by atoms with Gasteiger partial charge in [-0.2, -0.15) is 0 Å². The quantitative estimate of drug-likeness (QED) is 0.241. The maximum absolute atomic E-state index is 12.2. The average Bonchev–Trinajstić information content (AvgIpc) is 3.12. The molecule has 0 aliphatic heterocycles. The number of carbonyl (C=O) groups is 1. The summed E-state index contributed by atoms with van der Waals surface area (Å²) < 4.78 is 32.2. The molecule has 1 unspecified atom stereocenters. The number of hydrogen-bond acceptors (Lipinski definition) is 7. The summed E-state index contributed by atoms with van der Waals surface area (Å²) in [6.07, 6.45) is 5.58. The molecule has 0 saturated heterocycles. The van der Waals surface area contributed by atoms with Gasteiger partial charge in [0.15, 0.2) is 0 Å². The Morgan fingerprint density at radius 3 is 2.44 bits per heavy atom. The molecule has 4 aliphatic rings. The average molecular weight is 538 g/mol. The van der Waals surface area contributed by atoms with Crippen LogP contribution in [-0.2, 0) is 14.9 Å². The minimum Gasteiger partial charge on any atom is -0.748 e. The van der Waals surface area contributed by atoms with Crippen molar-refractivity contribution >= 4 is 16.0 Å². The maximum Gasteiger partial charge on any atom is 1.00 e. The number of hydrogen-bond donors (Lipinski definition) is 4. The molecule has 0 radical (unpaired) electrons. The Labute approximate surface area is 238 Å². The Hall–Kier alpha value is 0.260. The number of carbonyl (C=O) groups excluding carboxylic acids is 1. The van der Waals surface area contributed by atoms with Crippen LogP contribution in [0, 0.1) is 46.3 Å². The van der Waals surface area contributed by atoms with Gasteiger partial charge in [-0.1, -0.05) is 20.8 Å². The predicted octanol–water partition coefficient (Wildman–Crippen LogP) is -0.970. The van der Waals surface area contributed by atoms with Gasteiger partial charge in [0, 0.05) is 13.0 Å². The van der Waals surface area contributed by atoms with E-state index in [9.17, 15) is 33.1 Å². The fourth-order valence-electron chi connectivity index (χ4n) is 9.10. The van der Waals surface area contributed by atoms with Crippen molar-refractivity contribution in [3.05, 3.63) is 0 Å². The molecule has 4 fully saturated rings. The predicted molar refractivity (Wildman–Crippen MR) is 130 cm³/mol. The van der Waals surface area contributed by atoms with Crippen molar-refractivity contribution < 1.29 is 62.6 Å². The largest absolute Gasteiger partial charge is 1.00 e. The molecule has 4 N–H and O–H groups in total. The van der Waals surface area contributed by atoms with Crippen molar-refractivity contribution in [2.45, 2.75) is 96.9 Å². The van der Waals surface area contributed by atoms with E-state index in [4.69, 9.17) is 0 Å². The van der Waals surface area contributed by atoms with Gasteiger partial charge in [0.2, 0.25) is 5.91 Å². The van der Waals surface area contributed by atoms with E-state index in [1.807, 2.05) is 0 Å². The zero-order valence-electron chi connectivity index (χ0n) is 22.4. The summed E-state index contributed by atoms with van der Waals surface area (Å²) in [4.78, 5) is 12.2. The molecule has 4 aliphatic carbocycles. The first-order valence-electron chi connectivity index (χ1n) is 13.5. The van der Waals surface area contributed by atoms with Crippen molar-refractivity contribution in [3.8, 4) is 0 Å². The minimum atomic E-state index is -4.35. The van der Waals surface area contributed by atoms with Gasteiger partial charge in [-0.05, 0) is 97.7 Å². The number of aliphatic hydroxyl groups excluding tert-OH is 3. The van der Waals surface area contributed by atoms with Crippen molar-refractivity contribution in [3.63, 3.8) is 0 Å². The first kappa shape index (κ1) is 30.8. The van der Waals surface area contributed by atoms with Crippen LogP contribution < -0.4 is 34.9 Å². The van der Waals surface area contributed by atoms with E-state index in [-0.39, 0.29) is 95.0 Å². The summed E-state index contributed by atoms with van der Waals surface area (Å²) in [7, 11) is -4.35. The Bertz CT molecular complexity index is 903. The first-order valence-corrected chi connectivity index (χ1v) is 15.1. The van der Waals surface area contributed by atoms with E-state index >= 15 is 0 Å². The smallest absolute Gasteiger partial charge is 0.748 e. The third-order valence-electron chi connectivity index (χ3n) is 11.0. The van der Waals surface area contributed by atoms with Crippen LogP contribution in [0.15, 0.2) is 0 Å². The maximum atomic E-state index is 12.2. The van der Waals surface area contributed by atoms with Crippen LogP contribution in [0.5, 0.6) is 0 Å². The molecule has 0 aromatic heterocycles. The summed E-state index contributed by atoms with van der Waals surface area (Å²) in [6, 6.07) is 0. The second-order valence-electron chi connectivity index (χ2n) is 12.7. The van der Waals surface area contributed by atoms with Gasteiger partial charge in [-0.15, -0.1) is 0 Å². The Balaban J connectivity index is 0.00000361. The molecule has 36 heavy (non-hydrogen) atoms. The SMILES string of the molecule is C[C@H](CCC(=O)NCCS(=O)(=O)[O-])[C@H]1CC[C@H]2[C@@H]3[C@H](O)CC4C[C@H](O)CC[C@]4(C)[C@H]3C[C@H](O)[C@]12C.[Na+]. The monoisotopic (exact) mass is 537 g/mol. The van der Waals surface area contributed by atoms with Gasteiger partial charge in [-0.3, -0.25) is 4.79 Å². The molecule has 0 heterocycles. The van der Waals surface area contributed by atoms with Crippen LogP contribution in [0.1, 0.15) is 78.6 Å². The topological polar surface area (TPSA) is 147 Å². The van der Waals surface area contributed by atoms with Gasteiger partial charge >= 0.3 is 29.6 Å². The van der Waals surface area contributed by atoms with E-state index in [0.717, 1.165) is 38.5 Å². The summed E-state index contributed by atoms with van der Waals surface area (Å²) >= 11 is 0. The van der Waals surface area contributed by atoms with Gasteiger partial charge in [0.25, 0.3) is 0 Å². The van der Waals surface area contributed by atoms with E-state index in [1.165, 1.54) is 0 Å². The molecule has 10 heteroatoms.